The first-order valence-corrected chi connectivity index (χ1v) is 15.3. The van der Waals surface area contributed by atoms with E-state index in [9.17, 15) is 0 Å². The van der Waals surface area contributed by atoms with Crippen LogP contribution in [0.4, 0.5) is 0 Å². The van der Waals surface area contributed by atoms with E-state index in [1.807, 2.05) is 0 Å². The van der Waals surface area contributed by atoms with Crippen LogP contribution in [0.3, 0.4) is 0 Å². The van der Waals surface area contributed by atoms with Gasteiger partial charge in [0.2, 0.25) is 0 Å². The van der Waals surface area contributed by atoms with Gasteiger partial charge >= 0.3 is 7.12 Å². The van der Waals surface area contributed by atoms with E-state index < -0.39 is 8.07 Å². The Morgan fingerprint density at radius 1 is 0.743 bits per heavy atom. The van der Waals surface area contributed by atoms with Gasteiger partial charge in [-0.15, -0.1) is 0 Å². The molecule has 2 aliphatic heterocycles. The molecule has 3 aromatic rings. The Bertz CT molecular complexity index is 1120. The largest absolute Gasteiger partial charge is 0.490 e. The lowest BCUT2D eigenvalue weighted by atomic mass is 9.74. The number of hydrogen-bond donors (Lipinski definition) is 0. The predicted molar refractivity (Wildman–Crippen MR) is 150 cm³/mol. The number of aryl methyl sites for hydroxylation is 1. The number of benzene rings is 3. The van der Waals surface area contributed by atoms with E-state index in [1.54, 1.807) is 5.20 Å². The lowest BCUT2D eigenvalue weighted by molar-refractivity contribution is 0.00578. The molecule has 0 atom stereocenters. The Morgan fingerprint density at radius 3 is 1.74 bits per heavy atom. The van der Waals surface area contributed by atoms with Crippen LogP contribution in [0.5, 0.6) is 0 Å². The molecule has 35 heavy (non-hydrogen) atoms. The second kappa shape index (κ2) is 9.57. The summed E-state index contributed by atoms with van der Waals surface area (Å²) >= 11 is 0. The lowest BCUT2D eigenvalue weighted by Crippen LogP contribution is -2.58. The minimum Gasteiger partial charge on any atom is -0.400 e. The fraction of sp³-hybridized carbons (Fsp3) is 0.355. The van der Waals surface area contributed by atoms with Gasteiger partial charge in [0.05, 0.1) is 11.2 Å². The highest BCUT2D eigenvalue weighted by Gasteiger charge is 2.55. The van der Waals surface area contributed by atoms with Crippen LogP contribution in [0, 0.1) is 0 Å². The molecule has 3 aromatic carbocycles. The zero-order valence-electron chi connectivity index (χ0n) is 21.6. The standard InChI is InChI=1S/C31H37BO2Si/c1-30(2)31(3,4)34-32(33-30)28(23-22-25-15-8-5-9-16-25)29-21-14-24-35(29,26-17-10-6-11-18-26)27-19-12-7-13-20-27/h5-13,15-20H,14,21-24H2,1-4H3/b29-28+. The Balaban J connectivity index is 1.68. The summed E-state index contributed by atoms with van der Waals surface area (Å²) in [6.45, 7) is 8.67. The third-order valence-corrected chi connectivity index (χ3v) is 13.8. The highest BCUT2D eigenvalue weighted by atomic mass is 28.3. The first-order chi connectivity index (χ1) is 16.8. The number of hydrogen-bond acceptors (Lipinski definition) is 2. The molecule has 2 fully saturated rings. The van der Waals surface area contributed by atoms with Crippen LogP contribution >= 0.6 is 0 Å². The molecule has 2 heterocycles. The third-order valence-electron chi connectivity index (χ3n) is 8.48. The molecule has 2 nitrogen and oxygen atoms in total. The molecular weight excluding hydrogens is 443 g/mol. The van der Waals surface area contributed by atoms with E-state index in [4.69, 9.17) is 9.31 Å². The van der Waals surface area contributed by atoms with Gasteiger partial charge in [0, 0.05) is 0 Å². The quantitative estimate of drug-likeness (QED) is 0.395. The zero-order chi connectivity index (χ0) is 24.5. The molecule has 0 aromatic heterocycles. The Labute approximate surface area is 212 Å². The van der Waals surface area contributed by atoms with Crippen molar-refractivity contribution < 1.29 is 9.31 Å². The lowest BCUT2D eigenvalue weighted by Gasteiger charge is -2.33. The van der Waals surface area contributed by atoms with Crippen LogP contribution in [-0.4, -0.2) is 26.4 Å². The highest BCUT2D eigenvalue weighted by Crippen LogP contribution is 2.44. The molecule has 0 unspecified atom stereocenters. The SMILES string of the molecule is CC1(C)OB(/C(CCc2ccccc2)=C2\CCC[Si]2(c2ccccc2)c2ccccc2)OC1(C)C. The summed E-state index contributed by atoms with van der Waals surface area (Å²) in [4.78, 5) is 0. The van der Waals surface area contributed by atoms with Crippen molar-refractivity contribution in [1.29, 1.82) is 0 Å². The van der Waals surface area contributed by atoms with Gasteiger partial charge in [0.15, 0.2) is 0 Å². The van der Waals surface area contributed by atoms with Crippen LogP contribution in [0.25, 0.3) is 0 Å². The average Bonchev–Trinajstić information content (AvgIpc) is 3.39. The van der Waals surface area contributed by atoms with Crippen LogP contribution < -0.4 is 10.4 Å². The van der Waals surface area contributed by atoms with Crippen molar-refractivity contribution in [2.45, 2.75) is 70.6 Å². The van der Waals surface area contributed by atoms with E-state index in [2.05, 4.69) is 119 Å². The molecular formula is C31H37BO2Si. The van der Waals surface area contributed by atoms with Crippen molar-refractivity contribution in [2.24, 2.45) is 0 Å². The maximum atomic E-state index is 6.73. The molecule has 0 aliphatic carbocycles. The van der Waals surface area contributed by atoms with Crippen LogP contribution in [0.2, 0.25) is 6.04 Å². The molecule has 0 saturated carbocycles. The second-order valence-electron chi connectivity index (χ2n) is 11.1. The maximum Gasteiger partial charge on any atom is 0.490 e. The average molecular weight is 481 g/mol. The van der Waals surface area contributed by atoms with Gasteiger partial charge in [-0.2, -0.15) is 0 Å². The summed E-state index contributed by atoms with van der Waals surface area (Å²) in [5, 5.41) is 4.64. The molecule has 0 spiro atoms. The topological polar surface area (TPSA) is 18.5 Å². The Morgan fingerprint density at radius 2 is 1.23 bits per heavy atom. The first-order valence-electron chi connectivity index (χ1n) is 13.1. The highest BCUT2D eigenvalue weighted by molar-refractivity contribution is 7.08. The van der Waals surface area contributed by atoms with Crippen molar-refractivity contribution in [2.75, 3.05) is 0 Å². The normalized spacial score (nSPS) is 21.8. The molecule has 0 amide bonds. The number of rotatable bonds is 6. The predicted octanol–water partition coefficient (Wildman–Crippen LogP) is 6.14. The molecule has 0 bridgehead atoms. The van der Waals surface area contributed by atoms with Crippen LogP contribution in [-0.2, 0) is 15.7 Å². The fourth-order valence-corrected chi connectivity index (χ4v) is 11.4. The summed E-state index contributed by atoms with van der Waals surface area (Å²) in [6.07, 6.45) is 4.31. The minimum absolute atomic E-state index is 0.295. The monoisotopic (exact) mass is 480 g/mol. The molecule has 0 radical (unpaired) electrons. The molecule has 0 N–H and O–H groups in total. The van der Waals surface area contributed by atoms with E-state index in [1.165, 1.54) is 33.9 Å². The van der Waals surface area contributed by atoms with Crippen molar-refractivity contribution in [3.8, 4) is 0 Å². The van der Waals surface area contributed by atoms with E-state index in [-0.39, 0.29) is 18.3 Å². The minimum atomic E-state index is -2.16. The van der Waals surface area contributed by atoms with E-state index in [0.29, 0.717) is 0 Å². The third kappa shape index (κ3) is 4.48. The molecule has 180 valence electrons. The summed E-state index contributed by atoms with van der Waals surface area (Å²) in [7, 11) is -2.45. The summed E-state index contributed by atoms with van der Waals surface area (Å²) in [5.74, 6) is 0. The summed E-state index contributed by atoms with van der Waals surface area (Å²) in [5.41, 5.74) is 2.06. The Hall–Kier alpha value is -2.40. The van der Waals surface area contributed by atoms with Gasteiger partial charge in [-0.3, -0.25) is 0 Å². The number of allylic oxidation sites excluding steroid dienone is 2. The zero-order valence-corrected chi connectivity index (χ0v) is 22.6. The van der Waals surface area contributed by atoms with E-state index >= 15 is 0 Å². The second-order valence-corrected chi connectivity index (χ2v) is 15.1. The smallest absolute Gasteiger partial charge is 0.400 e. The van der Waals surface area contributed by atoms with Crippen LogP contribution in [0.1, 0.15) is 52.5 Å². The van der Waals surface area contributed by atoms with Crippen molar-refractivity contribution >= 4 is 25.6 Å². The van der Waals surface area contributed by atoms with Crippen molar-refractivity contribution in [3.05, 3.63) is 107 Å². The van der Waals surface area contributed by atoms with Crippen molar-refractivity contribution in [1.82, 2.24) is 0 Å². The fourth-order valence-electron chi connectivity index (χ4n) is 5.90. The molecule has 2 aliphatic rings. The summed E-state index contributed by atoms with van der Waals surface area (Å²) < 4.78 is 13.5. The van der Waals surface area contributed by atoms with Gasteiger partial charge in [-0.1, -0.05) is 103 Å². The van der Waals surface area contributed by atoms with Crippen LogP contribution in [0.15, 0.2) is 102 Å². The van der Waals surface area contributed by atoms with Gasteiger partial charge in [-0.05, 0) is 74.4 Å². The maximum absolute atomic E-state index is 6.73. The molecule has 5 rings (SSSR count). The Kier molecular flexibility index (Phi) is 6.65. The van der Waals surface area contributed by atoms with Crippen molar-refractivity contribution in [3.63, 3.8) is 0 Å². The van der Waals surface area contributed by atoms with Gasteiger partial charge < -0.3 is 9.31 Å². The summed E-state index contributed by atoms with van der Waals surface area (Å²) in [6, 6.07) is 34.7. The van der Waals surface area contributed by atoms with Gasteiger partial charge in [0.25, 0.3) is 0 Å². The van der Waals surface area contributed by atoms with Gasteiger partial charge in [0.1, 0.15) is 8.07 Å². The van der Waals surface area contributed by atoms with Gasteiger partial charge in [-0.25, -0.2) is 0 Å². The van der Waals surface area contributed by atoms with E-state index in [0.717, 1.165) is 19.3 Å². The molecule has 2 saturated heterocycles. The first kappa shape index (κ1) is 24.3. The molecule has 4 heteroatoms.